The van der Waals surface area contributed by atoms with E-state index in [4.69, 9.17) is 4.74 Å². The summed E-state index contributed by atoms with van der Waals surface area (Å²) in [4.78, 5) is 0. The van der Waals surface area contributed by atoms with Crippen molar-refractivity contribution < 1.29 is 4.74 Å². The zero-order chi connectivity index (χ0) is 14.8. The quantitative estimate of drug-likeness (QED) is 0.914. The molecule has 2 unspecified atom stereocenters. The Morgan fingerprint density at radius 2 is 2.05 bits per heavy atom. The van der Waals surface area contributed by atoms with Crippen molar-refractivity contribution in [1.82, 2.24) is 5.32 Å². The second-order valence-corrected chi connectivity index (χ2v) is 5.85. The van der Waals surface area contributed by atoms with Gasteiger partial charge in [-0.1, -0.05) is 43.3 Å². The second-order valence-electron chi connectivity index (χ2n) is 5.85. The molecule has 0 amide bonds. The van der Waals surface area contributed by atoms with E-state index in [0.717, 1.165) is 18.7 Å². The monoisotopic (exact) mass is 281 g/mol. The van der Waals surface area contributed by atoms with Gasteiger partial charge < -0.3 is 10.1 Å². The van der Waals surface area contributed by atoms with Crippen LogP contribution in [0.25, 0.3) is 0 Å². The molecule has 2 atom stereocenters. The van der Waals surface area contributed by atoms with Crippen molar-refractivity contribution in [2.45, 2.75) is 39.3 Å². The molecule has 0 aliphatic carbocycles. The maximum absolute atomic E-state index is 5.81. The van der Waals surface area contributed by atoms with E-state index in [9.17, 15) is 0 Å². The molecule has 0 spiro atoms. The Labute approximate surface area is 127 Å². The molecule has 2 aromatic rings. The zero-order valence-corrected chi connectivity index (χ0v) is 13.0. The molecule has 2 heteroatoms. The molecule has 0 fully saturated rings. The average molecular weight is 281 g/mol. The molecule has 0 saturated carbocycles. The first kappa shape index (κ1) is 14.2. The molecule has 21 heavy (non-hydrogen) atoms. The summed E-state index contributed by atoms with van der Waals surface area (Å²) >= 11 is 0. The second kappa shape index (κ2) is 5.90. The number of hydrogen-bond acceptors (Lipinski definition) is 2. The van der Waals surface area contributed by atoms with Crippen LogP contribution in [0.1, 0.15) is 42.1 Å². The number of aryl methyl sites for hydroxylation is 1. The van der Waals surface area contributed by atoms with E-state index < -0.39 is 0 Å². The van der Waals surface area contributed by atoms with Crippen molar-refractivity contribution in [2.24, 2.45) is 0 Å². The van der Waals surface area contributed by atoms with Gasteiger partial charge in [0.1, 0.15) is 11.9 Å². The van der Waals surface area contributed by atoms with Gasteiger partial charge in [-0.25, -0.2) is 0 Å². The Kier molecular flexibility index (Phi) is 3.98. The van der Waals surface area contributed by atoms with Crippen LogP contribution in [0.4, 0.5) is 0 Å². The summed E-state index contributed by atoms with van der Waals surface area (Å²) in [6.45, 7) is 7.41. The first-order valence-corrected chi connectivity index (χ1v) is 7.77. The lowest BCUT2D eigenvalue weighted by molar-refractivity contribution is 0.254. The predicted octanol–water partition coefficient (Wildman–Crippen LogP) is 4.02. The molecule has 1 N–H and O–H groups in total. The van der Waals surface area contributed by atoms with Crippen LogP contribution in [-0.4, -0.2) is 12.6 Å². The number of benzene rings is 2. The number of nitrogens with one attached hydrogen (secondary N) is 1. The van der Waals surface area contributed by atoms with E-state index in [-0.39, 0.29) is 6.04 Å². The minimum Gasteiger partial charge on any atom is -0.490 e. The SMILES string of the molecule is CCNC(c1ccc2c(c1)CC(C)O2)c1ccccc1C. The summed E-state index contributed by atoms with van der Waals surface area (Å²) in [7, 11) is 0. The van der Waals surface area contributed by atoms with Crippen LogP contribution in [0.15, 0.2) is 42.5 Å². The Bertz CT molecular complexity index is 635. The van der Waals surface area contributed by atoms with Crippen LogP contribution in [0.5, 0.6) is 5.75 Å². The van der Waals surface area contributed by atoms with Gasteiger partial charge in [0.05, 0.1) is 6.04 Å². The first-order valence-electron chi connectivity index (χ1n) is 7.77. The number of ether oxygens (including phenoxy) is 1. The van der Waals surface area contributed by atoms with Gasteiger partial charge in [-0.3, -0.25) is 0 Å². The lowest BCUT2D eigenvalue weighted by Gasteiger charge is -2.21. The largest absolute Gasteiger partial charge is 0.490 e. The molecule has 0 bridgehead atoms. The molecule has 1 heterocycles. The van der Waals surface area contributed by atoms with E-state index in [1.807, 2.05) is 0 Å². The van der Waals surface area contributed by atoms with Crippen LogP contribution >= 0.6 is 0 Å². The summed E-state index contributed by atoms with van der Waals surface area (Å²) in [5, 5.41) is 3.62. The highest BCUT2D eigenvalue weighted by Crippen LogP contribution is 2.33. The fourth-order valence-electron chi connectivity index (χ4n) is 3.14. The minimum atomic E-state index is 0.248. The van der Waals surface area contributed by atoms with Crippen LogP contribution in [0.2, 0.25) is 0 Å². The summed E-state index contributed by atoms with van der Waals surface area (Å²) in [5.41, 5.74) is 5.33. The molecule has 0 aromatic heterocycles. The van der Waals surface area contributed by atoms with E-state index in [0.29, 0.717) is 6.10 Å². The zero-order valence-electron chi connectivity index (χ0n) is 13.0. The van der Waals surface area contributed by atoms with Gasteiger partial charge in [0.15, 0.2) is 0 Å². The smallest absolute Gasteiger partial charge is 0.123 e. The predicted molar refractivity (Wildman–Crippen MR) is 86.9 cm³/mol. The van der Waals surface area contributed by atoms with Crippen molar-refractivity contribution in [2.75, 3.05) is 6.54 Å². The molecule has 110 valence electrons. The summed E-state index contributed by atoms with van der Waals surface area (Å²) in [6, 6.07) is 15.5. The average Bonchev–Trinajstić information content (AvgIpc) is 2.85. The van der Waals surface area contributed by atoms with Crippen LogP contribution in [-0.2, 0) is 6.42 Å². The van der Waals surface area contributed by atoms with Crippen molar-refractivity contribution in [1.29, 1.82) is 0 Å². The molecule has 0 saturated heterocycles. The lowest BCUT2D eigenvalue weighted by atomic mass is 9.93. The Morgan fingerprint density at radius 1 is 1.24 bits per heavy atom. The number of hydrogen-bond donors (Lipinski definition) is 1. The molecular formula is C19H23NO. The van der Waals surface area contributed by atoms with E-state index >= 15 is 0 Å². The van der Waals surface area contributed by atoms with Crippen molar-refractivity contribution in [3.8, 4) is 5.75 Å². The molecule has 0 radical (unpaired) electrons. The Balaban J connectivity index is 1.99. The van der Waals surface area contributed by atoms with Crippen molar-refractivity contribution in [3.05, 3.63) is 64.7 Å². The maximum atomic E-state index is 5.81. The van der Waals surface area contributed by atoms with E-state index in [2.05, 4.69) is 68.6 Å². The van der Waals surface area contributed by atoms with E-state index in [1.165, 1.54) is 22.3 Å². The summed E-state index contributed by atoms with van der Waals surface area (Å²) in [6.07, 6.45) is 1.31. The highest BCUT2D eigenvalue weighted by Gasteiger charge is 2.22. The van der Waals surface area contributed by atoms with Gasteiger partial charge in [0.2, 0.25) is 0 Å². The molecular weight excluding hydrogens is 258 g/mol. The normalized spacial score (nSPS) is 18.1. The van der Waals surface area contributed by atoms with Gasteiger partial charge in [0.25, 0.3) is 0 Å². The fourth-order valence-corrected chi connectivity index (χ4v) is 3.14. The van der Waals surface area contributed by atoms with Crippen LogP contribution in [0.3, 0.4) is 0 Å². The summed E-state index contributed by atoms with van der Waals surface area (Å²) < 4.78 is 5.81. The maximum Gasteiger partial charge on any atom is 0.123 e. The van der Waals surface area contributed by atoms with Crippen molar-refractivity contribution >= 4 is 0 Å². The highest BCUT2D eigenvalue weighted by atomic mass is 16.5. The third-order valence-corrected chi connectivity index (χ3v) is 4.16. The molecule has 3 rings (SSSR count). The fraction of sp³-hybridized carbons (Fsp3) is 0.368. The minimum absolute atomic E-state index is 0.248. The highest BCUT2D eigenvalue weighted by molar-refractivity contribution is 5.45. The standard InChI is InChI=1S/C19H23NO/c1-4-20-19(17-8-6-5-7-13(17)2)15-9-10-18-16(12-15)11-14(3)21-18/h5-10,12,14,19-20H,4,11H2,1-3H3. The van der Waals surface area contributed by atoms with Crippen LogP contribution < -0.4 is 10.1 Å². The van der Waals surface area contributed by atoms with Crippen LogP contribution in [0, 0.1) is 6.92 Å². The van der Waals surface area contributed by atoms with Gasteiger partial charge in [-0.15, -0.1) is 0 Å². The Morgan fingerprint density at radius 3 is 2.81 bits per heavy atom. The van der Waals surface area contributed by atoms with Gasteiger partial charge in [-0.2, -0.15) is 0 Å². The summed E-state index contributed by atoms with van der Waals surface area (Å²) in [5.74, 6) is 1.05. The third kappa shape index (κ3) is 2.81. The molecule has 2 nitrogen and oxygen atoms in total. The topological polar surface area (TPSA) is 21.3 Å². The Hall–Kier alpha value is -1.80. The van der Waals surface area contributed by atoms with Gasteiger partial charge >= 0.3 is 0 Å². The van der Waals surface area contributed by atoms with Gasteiger partial charge in [0, 0.05) is 6.42 Å². The van der Waals surface area contributed by atoms with Crippen molar-refractivity contribution in [3.63, 3.8) is 0 Å². The van der Waals surface area contributed by atoms with Gasteiger partial charge in [-0.05, 0) is 48.7 Å². The number of fused-ring (bicyclic) bond motifs is 1. The first-order chi connectivity index (χ1) is 10.2. The number of rotatable bonds is 4. The lowest BCUT2D eigenvalue weighted by Crippen LogP contribution is -2.22. The molecule has 1 aliphatic rings. The molecule has 2 aromatic carbocycles. The third-order valence-electron chi connectivity index (χ3n) is 4.16. The van der Waals surface area contributed by atoms with E-state index in [1.54, 1.807) is 0 Å². The molecule has 1 aliphatic heterocycles.